The van der Waals surface area contributed by atoms with E-state index in [-0.39, 0.29) is 17.7 Å². The number of rotatable bonds is 4. The van der Waals surface area contributed by atoms with Crippen LogP contribution in [0.5, 0.6) is 11.6 Å². The zero-order chi connectivity index (χ0) is 21.1. The SMILES string of the molecule is COc1cccc(N2CCN(C(=O)Nc3nc4ccc(F)cc4nc3OC)CC2)c1. The number of nitrogens with zero attached hydrogens (tertiary/aromatic N) is 4. The average Bonchev–Trinajstić information content (AvgIpc) is 2.78. The number of piperazine rings is 1. The summed E-state index contributed by atoms with van der Waals surface area (Å²) in [6.45, 7) is 2.50. The lowest BCUT2D eigenvalue weighted by Crippen LogP contribution is -2.50. The van der Waals surface area contributed by atoms with Gasteiger partial charge in [-0.15, -0.1) is 0 Å². The van der Waals surface area contributed by atoms with Crippen molar-refractivity contribution in [1.29, 1.82) is 0 Å². The lowest BCUT2D eigenvalue weighted by Gasteiger charge is -2.36. The molecule has 0 aliphatic carbocycles. The molecule has 0 atom stereocenters. The molecule has 2 amide bonds. The van der Waals surface area contributed by atoms with E-state index in [9.17, 15) is 9.18 Å². The molecule has 4 rings (SSSR count). The third-order valence-electron chi connectivity index (χ3n) is 5.00. The Kier molecular flexibility index (Phi) is 5.51. The number of fused-ring (bicyclic) bond motifs is 1. The molecule has 8 nitrogen and oxygen atoms in total. The number of carbonyl (C=O) groups excluding carboxylic acids is 1. The summed E-state index contributed by atoms with van der Waals surface area (Å²) in [6, 6.07) is 11.7. The minimum Gasteiger partial charge on any atom is -0.497 e. The second-order valence-corrected chi connectivity index (χ2v) is 6.82. The maximum absolute atomic E-state index is 13.4. The van der Waals surface area contributed by atoms with Crippen molar-refractivity contribution in [1.82, 2.24) is 14.9 Å². The number of anilines is 2. The van der Waals surface area contributed by atoms with Crippen molar-refractivity contribution < 1.29 is 18.7 Å². The highest BCUT2D eigenvalue weighted by atomic mass is 19.1. The number of ether oxygens (including phenoxy) is 2. The first-order valence-corrected chi connectivity index (χ1v) is 9.53. The lowest BCUT2D eigenvalue weighted by molar-refractivity contribution is 0.208. The summed E-state index contributed by atoms with van der Waals surface area (Å²) in [6.07, 6.45) is 0. The first-order chi connectivity index (χ1) is 14.6. The highest BCUT2D eigenvalue weighted by Gasteiger charge is 2.23. The van der Waals surface area contributed by atoms with Gasteiger partial charge in [0.05, 0.1) is 25.3 Å². The van der Waals surface area contributed by atoms with Crippen molar-refractivity contribution >= 4 is 28.6 Å². The first kappa shape index (κ1) is 19.7. The Morgan fingerprint density at radius 2 is 1.80 bits per heavy atom. The van der Waals surface area contributed by atoms with E-state index in [1.54, 1.807) is 12.0 Å². The van der Waals surface area contributed by atoms with Gasteiger partial charge in [-0.05, 0) is 24.3 Å². The minimum atomic E-state index is -0.412. The number of methoxy groups -OCH3 is 2. The molecule has 0 saturated carbocycles. The first-order valence-electron chi connectivity index (χ1n) is 9.53. The fourth-order valence-electron chi connectivity index (χ4n) is 3.39. The van der Waals surface area contributed by atoms with Gasteiger partial charge in [-0.2, -0.15) is 0 Å². The maximum Gasteiger partial charge on any atom is 0.323 e. The molecule has 1 saturated heterocycles. The second kappa shape index (κ2) is 8.40. The molecule has 0 unspecified atom stereocenters. The number of halogens is 1. The van der Waals surface area contributed by atoms with Gasteiger partial charge in [0.2, 0.25) is 0 Å². The molecule has 30 heavy (non-hydrogen) atoms. The van der Waals surface area contributed by atoms with Gasteiger partial charge in [0, 0.05) is 44.0 Å². The van der Waals surface area contributed by atoms with Gasteiger partial charge >= 0.3 is 6.03 Å². The van der Waals surface area contributed by atoms with E-state index in [2.05, 4.69) is 20.2 Å². The number of benzene rings is 2. The Bertz CT molecular complexity index is 1070. The Hall–Kier alpha value is -3.62. The van der Waals surface area contributed by atoms with Crippen molar-refractivity contribution in [2.24, 2.45) is 0 Å². The fraction of sp³-hybridized carbons (Fsp3) is 0.286. The Morgan fingerprint density at radius 1 is 1.00 bits per heavy atom. The van der Waals surface area contributed by atoms with E-state index in [1.807, 2.05) is 24.3 Å². The standard InChI is InChI=1S/C21H22FN5O3/c1-29-16-5-3-4-15(13-16)26-8-10-27(11-9-26)21(28)25-19-20(30-2)24-18-12-14(22)6-7-17(18)23-19/h3-7,12-13H,8-11H2,1-2H3,(H,23,25,28). The molecule has 156 valence electrons. The molecule has 0 spiro atoms. The van der Waals surface area contributed by atoms with Crippen LogP contribution < -0.4 is 19.7 Å². The summed E-state index contributed by atoms with van der Waals surface area (Å²) in [5.41, 5.74) is 1.89. The van der Waals surface area contributed by atoms with Crippen LogP contribution in [0.1, 0.15) is 0 Å². The lowest BCUT2D eigenvalue weighted by atomic mass is 10.2. The molecular formula is C21H22FN5O3. The normalized spacial score (nSPS) is 14.0. The highest BCUT2D eigenvalue weighted by Crippen LogP contribution is 2.25. The topological polar surface area (TPSA) is 79.8 Å². The van der Waals surface area contributed by atoms with Crippen LogP contribution in [-0.4, -0.2) is 61.3 Å². The third-order valence-corrected chi connectivity index (χ3v) is 5.00. The van der Waals surface area contributed by atoms with Crippen molar-refractivity contribution in [3.63, 3.8) is 0 Å². The maximum atomic E-state index is 13.4. The highest BCUT2D eigenvalue weighted by molar-refractivity contribution is 5.91. The van der Waals surface area contributed by atoms with Gasteiger partial charge in [0.25, 0.3) is 5.88 Å². The minimum absolute atomic E-state index is 0.136. The number of amides is 2. The fourth-order valence-corrected chi connectivity index (χ4v) is 3.39. The van der Waals surface area contributed by atoms with Crippen LogP contribution in [0.2, 0.25) is 0 Å². The van der Waals surface area contributed by atoms with E-state index in [4.69, 9.17) is 9.47 Å². The quantitative estimate of drug-likeness (QED) is 0.711. The van der Waals surface area contributed by atoms with E-state index >= 15 is 0 Å². The molecule has 1 fully saturated rings. The van der Waals surface area contributed by atoms with E-state index < -0.39 is 5.82 Å². The predicted octanol–water partition coefficient (Wildman–Crippen LogP) is 3.14. The molecule has 1 aliphatic rings. The molecule has 1 aliphatic heterocycles. The Balaban J connectivity index is 1.44. The summed E-state index contributed by atoms with van der Waals surface area (Å²) < 4.78 is 23.9. The Labute approximate surface area is 173 Å². The van der Waals surface area contributed by atoms with E-state index in [0.29, 0.717) is 37.2 Å². The van der Waals surface area contributed by atoms with Crippen molar-refractivity contribution in [2.45, 2.75) is 0 Å². The van der Waals surface area contributed by atoms with Crippen LogP contribution in [0.3, 0.4) is 0 Å². The van der Waals surface area contributed by atoms with Gasteiger partial charge in [0.1, 0.15) is 11.6 Å². The molecule has 1 N–H and O–H groups in total. The van der Waals surface area contributed by atoms with Crippen LogP contribution in [0.4, 0.5) is 20.7 Å². The summed E-state index contributed by atoms with van der Waals surface area (Å²) >= 11 is 0. The molecule has 3 aromatic rings. The zero-order valence-electron chi connectivity index (χ0n) is 16.8. The summed E-state index contributed by atoms with van der Waals surface area (Å²) in [5.74, 6) is 0.729. The van der Waals surface area contributed by atoms with Gasteiger partial charge in [0.15, 0.2) is 5.82 Å². The summed E-state index contributed by atoms with van der Waals surface area (Å²) in [4.78, 5) is 25.3. The molecule has 2 heterocycles. The Morgan fingerprint density at radius 3 is 2.53 bits per heavy atom. The van der Waals surface area contributed by atoms with Crippen LogP contribution in [0.15, 0.2) is 42.5 Å². The molecule has 0 radical (unpaired) electrons. The number of hydrogen-bond acceptors (Lipinski definition) is 6. The molecule has 1 aromatic heterocycles. The van der Waals surface area contributed by atoms with Crippen molar-refractivity contribution in [2.75, 3.05) is 50.6 Å². The van der Waals surface area contributed by atoms with Crippen LogP contribution in [0.25, 0.3) is 11.0 Å². The number of aromatic nitrogens is 2. The predicted molar refractivity (Wildman–Crippen MR) is 112 cm³/mol. The number of carbonyl (C=O) groups is 1. The van der Waals surface area contributed by atoms with Crippen LogP contribution in [-0.2, 0) is 0 Å². The van der Waals surface area contributed by atoms with E-state index in [0.717, 1.165) is 11.4 Å². The smallest absolute Gasteiger partial charge is 0.323 e. The monoisotopic (exact) mass is 411 g/mol. The third kappa shape index (κ3) is 4.05. The van der Waals surface area contributed by atoms with Crippen LogP contribution >= 0.6 is 0 Å². The second-order valence-electron chi connectivity index (χ2n) is 6.82. The number of nitrogens with one attached hydrogen (secondary N) is 1. The summed E-state index contributed by atoms with van der Waals surface area (Å²) in [5, 5.41) is 2.77. The van der Waals surface area contributed by atoms with Gasteiger partial charge < -0.3 is 19.3 Å². The molecule has 0 bridgehead atoms. The summed E-state index contributed by atoms with van der Waals surface area (Å²) in [7, 11) is 3.07. The van der Waals surface area contributed by atoms with E-state index in [1.165, 1.54) is 25.3 Å². The van der Waals surface area contributed by atoms with Gasteiger partial charge in [-0.25, -0.2) is 19.2 Å². The molecular weight excluding hydrogens is 389 g/mol. The number of urea groups is 1. The molecule has 2 aromatic carbocycles. The number of hydrogen-bond donors (Lipinski definition) is 1. The van der Waals surface area contributed by atoms with Crippen molar-refractivity contribution in [3.05, 3.63) is 48.3 Å². The van der Waals surface area contributed by atoms with Crippen molar-refractivity contribution in [3.8, 4) is 11.6 Å². The van der Waals surface area contributed by atoms with Gasteiger partial charge in [-0.1, -0.05) is 6.07 Å². The molecule has 9 heteroatoms. The van der Waals surface area contributed by atoms with Gasteiger partial charge in [-0.3, -0.25) is 5.32 Å². The zero-order valence-corrected chi connectivity index (χ0v) is 16.8. The average molecular weight is 411 g/mol. The largest absolute Gasteiger partial charge is 0.497 e. The van der Waals surface area contributed by atoms with Crippen LogP contribution in [0, 0.1) is 5.82 Å².